The highest BCUT2D eigenvalue weighted by Crippen LogP contribution is 2.27. The molecule has 0 spiro atoms. The van der Waals surface area contributed by atoms with E-state index in [-0.39, 0.29) is 5.69 Å². The minimum Gasteiger partial charge on any atom is -0.492 e. The summed E-state index contributed by atoms with van der Waals surface area (Å²) in [6, 6.07) is 26.8. The van der Waals surface area contributed by atoms with Gasteiger partial charge in [0.15, 0.2) is 0 Å². The van der Waals surface area contributed by atoms with Crippen molar-refractivity contribution in [3.8, 4) is 5.75 Å². The fourth-order valence-corrected chi connectivity index (χ4v) is 3.30. The Morgan fingerprint density at radius 2 is 1.59 bits per heavy atom. The lowest BCUT2D eigenvalue weighted by Gasteiger charge is -2.19. The van der Waals surface area contributed by atoms with Crippen LogP contribution in [0.3, 0.4) is 0 Å². The zero-order chi connectivity index (χ0) is 22.3. The summed E-state index contributed by atoms with van der Waals surface area (Å²) in [5.74, 6) is -0.631. The molecule has 1 atom stereocenters. The van der Waals surface area contributed by atoms with Gasteiger partial charge in [0.2, 0.25) is 6.10 Å². The Morgan fingerprint density at radius 3 is 2.41 bits per heavy atom. The number of aromatic nitrogens is 1. The lowest BCUT2D eigenvalue weighted by Crippen LogP contribution is -2.26. The van der Waals surface area contributed by atoms with Gasteiger partial charge in [0.05, 0.1) is 17.8 Å². The third-order valence-corrected chi connectivity index (χ3v) is 4.82. The molecule has 0 bridgehead atoms. The molecule has 0 aliphatic rings. The van der Waals surface area contributed by atoms with Crippen LogP contribution in [0.4, 0.5) is 5.69 Å². The molecule has 0 saturated heterocycles. The predicted octanol–water partition coefficient (Wildman–Crippen LogP) is 5.17. The van der Waals surface area contributed by atoms with Crippen LogP contribution in [-0.4, -0.2) is 23.5 Å². The van der Waals surface area contributed by atoms with E-state index < -0.39 is 18.0 Å². The molecule has 0 unspecified atom stereocenters. The van der Waals surface area contributed by atoms with Gasteiger partial charge in [0.1, 0.15) is 11.4 Å². The second kappa shape index (κ2) is 9.75. The van der Waals surface area contributed by atoms with Crippen molar-refractivity contribution >= 4 is 28.5 Å². The molecule has 3 aromatic carbocycles. The molecule has 0 fully saturated rings. The molecule has 0 aliphatic carbocycles. The van der Waals surface area contributed by atoms with E-state index >= 15 is 0 Å². The molecular weight excluding hydrogens is 404 g/mol. The van der Waals surface area contributed by atoms with E-state index in [0.29, 0.717) is 29.1 Å². The maximum absolute atomic E-state index is 13.2. The first-order chi connectivity index (χ1) is 15.7. The number of carbonyl (C=O) groups is 2. The second-order valence-corrected chi connectivity index (χ2v) is 7.00. The van der Waals surface area contributed by atoms with E-state index in [1.807, 2.05) is 43.3 Å². The number of nitrogens with one attached hydrogen (secondary N) is 1. The average Bonchev–Trinajstić information content (AvgIpc) is 2.84. The van der Waals surface area contributed by atoms with Gasteiger partial charge in [-0.2, -0.15) is 0 Å². The number of ether oxygens (including phenoxy) is 2. The number of pyridine rings is 1. The summed E-state index contributed by atoms with van der Waals surface area (Å²) in [6.07, 6.45) is -1.16. The van der Waals surface area contributed by atoms with Gasteiger partial charge in [-0.1, -0.05) is 66.7 Å². The summed E-state index contributed by atoms with van der Waals surface area (Å²) < 4.78 is 11.2. The molecule has 1 aromatic heterocycles. The van der Waals surface area contributed by atoms with Gasteiger partial charge in [-0.3, -0.25) is 4.79 Å². The van der Waals surface area contributed by atoms with Crippen molar-refractivity contribution in [3.05, 3.63) is 102 Å². The minimum atomic E-state index is -1.16. The lowest BCUT2D eigenvalue weighted by molar-refractivity contribution is -0.125. The molecule has 0 aliphatic heterocycles. The Labute approximate surface area is 185 Å². The van der Waals surface area contributed by atoms with Gasteiger partial charge in [0, 0.05) is 10.9 Å². The summed E-state index contributed by atoms with van der Waals surface area (Å²) >= 11 is 0. The number of hydrogen-bond acceptors (Lipinski definition) is 5. The third-order valence-electron chi connectivity index (χ3n) is 4.82. The van der Waals surface area contributed by atoms with E-state index in [9.17, 15) is 9.59 Å². The van der Waals surface area contributed by atoms with Crippen LogP contribution in [0.2, 0.25) is 0 Å². The Balaban J connectivity index is 1.61. The smallest absolute Gasteiger partial charge is 0.358 e. The number of amides is 1. The Morgan fingerprint density at radius 1 is 0.875 bits per heavy atom. The van der Waals surface area contributed by atoms with Crippen LogP contribution in [0.1, 0.15) is 29.1 Å². The van der Waals surface area contributed by atoms with Crippen LogP contribution in [0, 0.1) is 0 Å². The third kappa shape index (κ3) is 4.75. The highest BCUT2D eigenvalue weighted by atomic mass is 16.5. The number of para-hydroxylation sites is 3. The number of esters is 1. The Hall–Kier alpha value is -4.19. The van der Waals surface area contributed by atoms with Gasteiger partial charge in [-0.05, 0) is 31.2 Å². The summed E-state index contributed by atoms with van der Waals surface area (Å²) in [7, 11) is 0. The first-order valence-electron chi connectivity index (χ1n) is 10.3. The standard InChI is InChI=1S/C26H22N2O4/c1-2-31-23-15-9-8-14-21(23)28-25(29)24(19-11-4-3-5-12-19)32-26(30)22-17-16-18-10-6-7-13-20(18)27-22/h3-17,24H,2H2,1H3,(H,28,29)/t24-/m1/s1. The molecule has 0 saturated carbocycles. The minimum absolute atomic E-state index is 0.132. The zero-order valence-corrected chi connectivity index (χ0v) is 17.5. The van der Waals surface area contributed by atoms with Gasteiger partial charge in [-0.25, -0.2) is 9.78 Å². The largest absolute Gasteiger partial charge is 0.492 e. The number of rotatable bonds is 7. The van der Waals surface area contributed by atoms with Crippen LogP contribution < -0.4 is 10.1 Å². The molecule has 4 rings (SSSR count). The van der Waals surface area contributed by atoms with E-state index in [2.05, 4.69) is 10.3 Å². The molecule has 1 heterocycles. The normalized spacial score (nSPS) is 11.5. The molecule has 4 aromatic rings. The van der Waals surface area contributed by atoms with Crippen molar-refractivity contribution in [2.75, 3.05) is 11.9 Å². The quantitative estimate of drug-likeness (QED) is 0.413. The maximum atomic E-state index is 13.2. The number of carbonyl (C=O) groups excluding carboxylic acids is 2. The van der Waals surface area contributed by atoms with E-state index in [1.165, 1.54) is 0 Å². The van der Waals surface area contributed by atoms with Crippen molar-refractivity contribution in [3.63, 3.8) is 0 Å². The second-order valence-electron chi connectivity index (χ2n) is 7.00. The number of hydrogen-bond donors (Lipinski definition) is 1. The first kappa shape index (κ1) is 21.1. The molecule has 160 valence electrons. The molecule has 6 heteroatoms. The topological polar surface area (TPSA) is 77.5 Å². The zero-order valence-electron chi connectivity index (χ0n) is 17.5. The first-order valence-corrected chi connectivity index (χ1v) is 10.3. The van der Waals surface area contributed by atoms with Crippen molar-refractivity contribution in [2.24, 2.45) is 0 Å². The average molecular weight is 426 g/mol. The SMILES string of the molecule is CCOc1ccccc1NC(=O)[C@H](OC(=O)c1ccc2ccccc2n1)c1ccccc1. The number of anilines is 1. The fraction of sp³-hybridized carbons (Fsp3) is 0.115. The van der Waals surface area contributed by atoms with Crippen molar-refractivity contribution in [1.29, 1.82) is 0 Å². The van der Waals surface area contributed by atoms with E-state index in [4.69, 9.17) is 9.47 Å². The summed E-state index contributed by atoms with van der Waals surface area (Å²) in [5.41, 5.74) is 1.86. The van der Waals surface area contributed by atoms with Crippen LogP contribution >= 0.6 is 0 Å². The van der Waals surface area contributed by atoms with Crippen molar-refractivity contribution < 1.29 is 19.1 Å². The van der Waals surface area contributed by atoms with Crippen LogP contribution in [-0.2, 0) is 9.53 Å². The summed E-state index contributed by atoms with van der Waals surface area (Å²) in [4.78, 5) is 30.5. The molecule has 1 N–H and O–H groups in total. The van der Waals surface area contributed by atoms with E-state index in [1.54, 1.807) is 54.6 Å². The molecule has 32 heavy (non-hydrogen) atoms. The van der Waals surface area contributed by atoms with E-state index in [0.717, 1.165) is 5.39 Å². The van der Waals surface area contributed by atoms with Crippen molar-refractivity contribution in [1.82, 2.24) is 4.98 Å². The highest BCUT2D eigenvalue weighted by Gasteiger charge is 2.27. The predicted molar refractivity (Wildman–Crippen MR) is 123 cm³/mol. The molecule has 1 amide bonds. The van der Waals surface area contributed by atoms with Crippen LogP contribution in [0.25, 0.3) is 10.9 Å². The number of fused-ring (bicyclic) bond motifs is 1. The Kier molecular flexibility index (Phi) is 6.41. The highest BCUT2D eigenvalue weighted by molar-refractivity contribution is 5.99. The van der Waals surface area contributed by atoms with Gasteiger partial charge in [0.25, 0.3) is 5.91 Å². The van der Waals surface area contributed by atoms with Gasteiger partial charge < -0.3 is 14.8 Å². The van der Waals surface area contributed by atoms with Crippen LogP contribution in [0.5, 0.6) is 5.75 Å². The lowest BCUT2D eigenvalue weighted by atomic mass is 10.1. The fourth-order valence-electron chi connectivity index (χ4n) is 3.30. The molecule has 0 radical (unpaired) electrons. The monoisotopic (exact) mass is 426 g/mol. The number of nitrogens with zero attached hydrogens (tertiary/aromatic N) is 1. The summed E-state index contributed by atoms with van der Waals surface area (Å²) in [6.45, 7) is 2.32. The summed E-state index contributed by atoms with van der Waals surface area (Å²) in [5, 5.41) is 3.73. The molecule has 6 nitrogen and oxygen atoms in total. The Bertz CT molecular complexity index is 1240. The number of benzene rings is 3. The maximum Gasteiger partial charge on any atom is 0.358 e. The van der Waals surface area contributed by atoms with Crippen LogP contribution in [0.15, 0.2) is 91.0 Å². The van der Waals surface area contributed by atoms with Gasteiger partial charge in [-0.15, -0.1) is 0 Å². The molecular formula is C26H22N2O4. The van der Waals surface area contributed by atoms with Crippen molar-refractivity contribution in [2.45, 2.75) is 13.0 Å². The van der Waals surface area contributed by atoms with Gasteiger partial charge >= 0.3 is 5.97 Å².